The van der Waals surface area contributed by atoms with E-state index in [1.54, 1.807) is 19.5 Å². The molecule has 1 fully saturated rings. The zero-order valence-electron chi connectivity index (χ0n) is 15.0. The zero-order chi connectivity index (χ0) is 17.8. The van der Waals surface area contributed by atoms with Gasteiger partial charge in [-0.05, 0) is 38.3 Å². The Kier molecular flexibility index (Phi) is 5.21. The summed E-state index contributed by atoms with van der Waals surface area (Å²) < 4.78 is 7.31. The first-order valence-corrected chi connectivity index (χ1v) is 8.62. The van der Waals surface area contributed by atoms with Crippen molar-refractivity contribution in [1.82, 2.24) is 25.0 Å². The number of nitrogens with zero attached hydrogens (tertiary/aromatic N) is 4. The molecule has 0 bridgehead atoms. The van der Waals surface area contributed by atoms with Gasteiger partial charge in [0.25, 0.3) is 0 Å². The minimum absolute atomic E-state index is 0.0556. The summed E-state index contributed by atoms with van der Waals surface area (Å²) in [5, 5.41) is 7.47. The minimum atomic E-state index is -0.155. The van der Waals surface area contributed by atoms with Gasteiger partial charge in [-0.2, -0.15) is 5.10 Å². The number of methoxy groups -OCH3 is 1. The molecule has 1 N–H and O–H groups in total. The molecule has 134 valence electrons. The number of rotatable bonds is 4. The molecule has 2 atom stereocenters. The summed E-state index contributed by atoms with van der Waals surface area (Å²) in [5.41, 5.74) is 2.06. The Morgan fingerprint density at radius 1 is 1.44 bits per heavy atom. The van der Waals surface area contributed by atoms with Gasteiger partial charge in [-0.3, -0.25) is 9.67 Å². The molecule has 7 heteroatoms. The molecule has 0 unspecified atom stereocenters. The molecule has 1 saturated heterocycles. The maximum atomic E-state index is 12.7. The number of carbonyl (C=O) groups is 1. The first kappa shape index (κ1) is 17.3. The molecule has 0 radical (unpaired) electrons. The van der Waals surface area contributed by atoms with Crippen LogP contribution in [0.25, 0.3) is 0 Å². The van der Waals surface area contributed by atoms with E-state index in [0.717, 1.165) is 30.5 Å². The van der Waals surface area contributed by atoms with Crippen molar-refractivity contribution in [1.29, 1.82) is 0 Å². The van der Waals surface area contributed by atoms with Crippen LogP contribution in [0.1, 0.15) is 43.0 Å². The first-order valence-electron chi connectivity index (χ1n) is 8.62. The number of likely N-dealkylation sites (tertiary alicyclic amines) is 1. The molecule has 0 saturated carbocycles. The Morgan fingerprint density at radius 3 is 3.00 bits per heavy atom. The number of ether oxygens (including phenoxy) is 1. The molecule has 2 aromatic heterocycles. The van der Waals surface area contributed by atoms with E-state index in [2.05, 4.69) is 15.4 Å². The van der Waals surface area contributed by atoms with E-state index < -0.39 is 0 Å². The molecular weight excluding hydrogens is 318 g/mol. The molecule has 0 aromatic carbocycles. The van der Waals surface area contributed by atoms with Crippen molar-refractivity contribution in [2.45, 2.75) is 38.8 Å². The summed E-state index contributed by atoms with van der Waals surface area (Å²) in [4.78, 5) is 18.6. The maximum absolute atomic E-state index is 12.7. The molecule has 0 aliphatic carbocycles. The van der Waals surface area contributed by atoms with Crippen LogP contribution in [0.15, 0.2) is 30.9 Å². The molecule has 2 amide bonds. The van der Waals surface area contributed by atoms with E-state index in [9.17, 15) is 4.79 Å². The Labute approximate surface area is 148 Å². The summed E-state index contributed by atoms with van der Waals surface area (Å²) in [6.07, 6.45) is 9.28. The number of amides is 2. The Bertz CT molecular complexity index is 730. The van der Waals surface area contributed by atoms with E-state index in [4.69, 9.17) is 4.74 Å². The van der Waals surface area contributed by atoms with Crippen LogP contribution in [0, 0.1) is 6.92 Å². The highest BCUT2D eigenvalue weighted by Crippen LogP contribution is 2.25. The third-order valence-electron chi connectivity index (χ3n) is 4.63. The number of nitrogens with one attached hydrogen (secondary N) is 1. The molecule has 3 rings (SSSR count). The number of carbonyl (C=O) groups excluding carboxylic acids is 1. The summed E-state index contributed by atoms with van der Waals surface area (Å²) in [6, 6.07) is 1.90. The first-order chi connectivity index (χ1) is 12.1. The second-order valence-electron chi connectivity index (χ2n) is 6.53. The predicted octanol–water partition coefficient (Wildman–Crippen LogP) is 2.70. The molecule has 0 spiro atoms. The summed E-state index contributed by atoms with van der Waals surface area (Å²) >= 11 is 0. The van der Waals surface area contributed by atoms with E-state index in [1.807, 2.05) is 41.9 Å². The fraction of sp³-hybridized carbons (Fsp3) is 0.500. The van der Waals surface area contributed by atoms with Gasteiger partial charge in [0.1, 0.15) is 5.75 Å². The van der Waals surface area contributed by atoms with E-state index in [-0.39, 0.29) is 18.1 Å². The Hall–Kier alpha value is -2.57. The third kappa shape index (κ3) is 3.92. The van der Waals surface area contributed by atoms with Crippen LogP contribution in [0.5, 0.6) is 5.75 Å². The quantitative estimate of drug-likeness (QED) is 0.926. The van der Waals surface area contributed by atoms with Gasteiger partial charge in [-0.25, -0.2) is 4.79 Å². The van der Waals surface area contributed by atoms with Gasteiger partial charge >= 0.3 is 6.03 Å². The largest absolute Gasteiger partial charge is 0.495 e. The van der Waals surface area contributed by atoms with Gasteiger partial charge in [-0.1, -0.05) is 0 Å². The number of hydrogen-bond donors (Lipinski definition) is 1. The molecule has 7 nitrogen and oxygen atoms in total. The van der Waals surface area contributed by atoms with Crippen molar-refractivity contribution in [3.8, 4) is 5.75 Å². The number of aryl methyl sites for hydroxylation is 1. The average Bonchev–Trinajstić information content (AvgIpc) is 3.08. The van der Waals surface area contributed by atoms with Crippen LogP contribution in [0.4, 0.5) is 4.79 Å². The fourth-order valence-electron chi connectivity index (χ4n) is 3.26. The van der Waals surface area contributed by atoms with Crippen molar-refractivity contribution in [2.24, 2.45) is 0 Å². The third-order valence-corrected chi connectivity index (χ3v) is 4.63. The van der Waals surface area contributed by atoms with Crippen LogP contribution in [0.2, 0.25) is 0 Å². The van der Waals surface area contributed by atoms with Crippen LogP contribution < -0.4 is 10.1 Å². The zero-order valence-corrected chi connectivity index (χ0v) is 15.0. The lowest BCUT2D eigenvalue weighted by Gasteiger charge is -2.33. The number of piperidine rings is 1. The molecular formula is C18H25N5O2. The van der Waals surface area contributed by atoms with Crippen LogP contribution in [-0.4, -0.2) is 45.9 Å². The maximum Gasteiger partial charge on any atom is 0.317 e. The summed E-state index contributed by atoms with van der Waals surface area (Å²) in [5.74, 6) is 0.679. The summed E-state index contributed by atoms with van der Waals surface area (Å²) in [6.45, 7) is 5.42. The lowest BCUT2D eigenvalue weighted by molar-refractivity contribution is 0.160. The van der Waals surface area contributed by atoms with E-state index in [0.29, 0.717) is 12.3 Å². The molecule has 3 heterocycles. The highest BCUT2D eigenvalue weighted by Gasteiger charge is 2.26. The SMILES string of the molecule is COc1cnccc1[C@H](C)NC(=O)N1CCC[C@H](n2cc(C)cn2)C1. The molecule has 1 aliphatic rings. The second-order valence-corrected chi connectivity index (χ2v) is 6.53. The van der Waals surface area contributed by atoms with Crippen molar-refractivity contribution in [3.05, 3.63) is 42.0 Å². The molecule has 1 aliphatic heterocycles. The second kappa shape index (κ2) is 7.55. The van der Waals surface area contributed by atoms with E-state index >= 15 is 0 Å². The predicted molar refractivity (Wildman–Crippen MR) is 94.5 cm³/mol. The van der Waals surface area contributed by atoms with Crippen molar-refractivity contribution >= 4 is 6.03 Å². The van der Waals surface area contributed by atoms with Crippen LogP contribution >= 0.6 is 0 Å². The van der Waals surface area contributed by atoms with Gasteiger partial charge < -0.3 is 15.0 Å². The van der Waals surface area contributed by atoms with Gasteiger partial charge in [0, 0.05) is 31.0 Å². The Morgan fingerprint density at radius 2 is 2.28 bits per heavy atom. The smallest absolute Gasteiger partial charge is 0.317 e. The van der Waals surface area contributed by atoms with Crippen LogP contribution in [0.3, 0.4) is 0 Å². The van der Waals surface area contributed by atoms with Gasteiger partial charge in [0.05, 0.1) is 31.6 Å². The lowest BCUT2D eigenvalue weighted by Crippen LogP contribution is -2.46. The highest BCUT2D eigenvalue weighted by molar-refractivity contribution is 5.75. The monoisotopic (exact) mass is 343 g/mol. The number of hydrogen-bond acceptors (Lipinski definition) is 4. The Balaban J connectivity index is 1.64. The van der Waals surface area contributed by atoms with Crippen molar-refractivity contribution < 1.29 is 9.53 Å². The van der Waals surface area contributed by atoms with Gasteiger partial charge in [-0.15, -0.1) is 0 Å². The molecule has 25 heavy (non-hydrogen) atoms. The fourth-order valence-corrected chi connectivity index (χ4v) is 3.26. The lowest BCUT2D eigenvalue weighted by atomic mass is 10.1. The highest BCUT2D eigenvalue weighted by atomic mass is 16.5. The number of aromatic nitrogens is 3. The normalized spacial score (nSPS) is 18.7. The number of pyridine rings is 1. The minimum Gasteiger partial charge on any atom is -0.495 e. The van der Waals surface area contributed by atoms with Crippen LogP contribution in [-0.2, 0) is 0 Å². The topological polar surface area (TPSA) is 72.3 Å². The standard InChI is InChI=1S/C18H25N5O2/c1-13-9-20-23(11-13)15-5-4-8-22(12-15)18(24)21-14(2)16-6-7-19-10-17(16)25-3/h6-7,9-11,14-15H,4-5,8,12H2,1-3H3,(H,21,24)/t14-,15-/m0/s1. The van der Waals surface area contributed by atoms with Gasteiger partial charge in [0.15, 0.2) is 0 Å². The van der Waals surface area contributed by atoms with Crippen molar-refractivity contribution in [2.75, 3.05) is 20.2 Å². The number of urea groups is 1. The van der Waals surface area contributed by atoms with E-state index in [1.165, 1.54) is 0 Å². The average molecular weight is 343 g/mol. The van der Waals surface area contributed by atoms with Gasteiger partial charge in [0.2, 0.25) is 0 Å². The molecule has 2 aromatic rings. The van der Waals surface area contributed by atoms with Crippen molar-refractivity contribution in [3.63, 3.8) is 0 Å². The summed E-state index contributed by atoms with van der Waals surface area (Å²) in [7, 11) is 1.61.